The van der Waals surface area contributed by atoms with Gasteiger partial charge in [-0.05, 0) is 10.6 Å². The van der Waals surface area contributed by atoms with Crippen molar-refractivity contribution < 1.29 is 38.2 Å². The number of hydrogen-bond donors (Lipinski definition) is 3. The predicted octanol–water partition coefficient (Wildman–Crippen LogP) is -2.92. The number of phosphoric acid groups is 1. The number of rotatable bonds is 5. The van der Waals surface area contributed by atoms with Crippen LogP contribution >= 0.6 is 7.82 Å². The molecule has 2 rings (SSSR count). The molecule has 0 bridgehead atoms. The number of aliphatic hydroxyl groups is 2. The fourth-order valence-corrected chi connectivity index (χ4v) is 2.46. The molecule has 1 saturated heterocycles. The summed E-state index contributed by atoms with van der Waals surface area (Å²) in [5, 5.41) is 22.6. The Balaban J connectivity index is 2.44. The number of azide groups is 1. The van der Waals surface area contributed by atoms with Crippen LogP contribution in [-0.4, -0.2) is 44.7 Å². The molecule has 2 heterocycles. The number of halogens is 1. The molecule has 16 heteroatoms. The highest BCUT2D eigenvalue weighted by Gasteiger charge is 2.45. The second-order valence-corrected chi connectivity index (χ2v) is 5.90. The molecule has 25 heavy (non-hydrogen) atoms. The molecule has 3 N–H and O–H groups in total. The monoisotopic (exact) mass is 381 g/mol. The Morgan fingerprint density at radius 1 is 1.44 bits per heavy atom. The van der Waals surface area contributed by atoms with Crippen LogP contribution in [0.5, 0.6) is 0 Å². The van der Waals surface area contributed by atoms with Crippen LogP contribution in [0.25, 0.3) is 10.4 Å². The molecule has 4 atom stereocenters. The van der Waals surface area contributed by atoms with E-state index in [0.717, 1.165) is 0 Å². The lowest BCUT2D eigenvalue weighted by Gasteiger charge is -2.30. The van der Waals surface area contributed by atoms with Gasteiger partial charge in [-0.25, -0.2) is 4.79 Å². The van der Waals surface area contributed by atoms with Crippen molar-refractivity contribution in [3.8, 4) is 0 Å². The molecule has 1 fully saturated rings. The Hall–Kier alpha value is -2.09. The van der Waals surface area contributed by atoms with Gasteiger partial charge >= 0.3 is 5.69 Å². The molecule has 14 nitrogen and oxygen atoms in total. The summed E-state index contributed by atoms with van der Waals surface area (Å²) in [6, 6.07) is 0. The normalized spacial score (nSPS) is 26.4. The lowest BCUT2D eigenvalue weighted by atomic mass is 10.1. The number of aliphatic hydroxyl groups excluding tert-OH is 2. The lowest BCUT2D eigenvalue weighted by Crippen LogP contribution is -2.39. The first-order chi connectivity index (χ1) is 11.6. The van der Waals surface area contributed by atoms with Crippen molar-refractivity contribution in [3.05, 3.63) is 37.1 Å². The van der Waals surface area contributed by atoms with E-state index in [4.69, 9.17) is 10.3 Å². The van der Waals surface area contributed by atoms with Gasteiger partial charge in [0.05, 0.1) is 14.4 Å². The van der Waals surface area contributed by atoms with Crippen LogP contribution in [0.1, 0.15) is 6.23 Å². The summed E-state index contributed by atoms with van der Waals surface area (Å²) in [7, 11) is -5.42. The fraction of sp³-hybridized carbons (Fsp3) is 0.556. The van der Waals surface area contributed by atoms with E-state index in [-0.39, 0.29) is 4.57 Å². The van der Waals surface area contributed by atoms with Gasteiger partial charge in [0.15, 0.2) is 12.0 Å². The maximum Gasteiger partial charge on any atom is 0.331 e. The molecule has 1 aromatic heterocycles. The largest absolute Gasteiger partial charge is 0.790 e. The highest BCUT2D eigenvalue weighted by atomic mass is 31.2. The highest BCUT2D eigenvalue weighted by molar-refractivity contribution is 7.43. The van der Waals surface area contributed by atoms with Crippen LogP contribution in [0.2, 0.25) is 0 Å². The second kappa shape index (κ2) is 7.03. The zero-order valence-electron chi connectivity index (χ0n) is 11.9. The van der Waals surface area contributed by atoms with E-state index < -0.39 is 61.9 Å². The van der Waals surface area contributed by atoms with E-state index in [1.807, 2.05) is 0 Å². The van der Waals surface area contributed by atoms with Crippen LogP contribution in [0.15, 0.2) is 14.7 Å². The summed E-state index contributed by atoms with van der Waals surface area (Å²) >= 11 is 0. The van der Waals surface area contributed by atoms with Crippen molar-refractivity contribution in [2.75, 3.05) is 6.61 Å². The first-order valence-electron chi connectivity index (χ1n) is 6.34. The minimum Gasteiger partial charge on any atom is -0.790 e. The Kier molecular flexibility index (Phi) is 5.41. The molecule has 1 aliphatic heterocycles. The maximum absolute atomic E-state index is 13.8. The van der Waals surface area contributed by atoms with Crippen molar-refractivity contribution in [1.82, 2.24) is 9.55 Å². The summed E-state index contributed by atoms with van der Waals surface area (Å²) in [5.41, 5.74) is 5.58. The van der Waals surface area contributed by atoms with Crippen LogP contribution in [-0.2, 0) is 13.8 Å². The summed E-state index contributed by atoms with van der Waals surface area (Å²) < 4.78 is 33.4. The number of aromatic amines is 1. The number of aromatic nitrogens is 2. The van der Waals surface area contributed by atoms with Gasteiger partial charge in [-0.1, -0.05) is 0 Å². The van der Waals surface area contributed by atoms with Crippen LogP contribution in [0.3, 0.4) is 0 Å². The zero-order valence-corrected chi connectivity index (χ0v) is 12.8. The van der Waals surface area contributed by atoms with E-state index in [1.165, 1.54) is 4.98 Å². The predicted molar refractivity (Wildman–Crippen MR) is 69.6 cm³/mol. The van der Waals surface area contributed by atoms with Crippen LogP contribution < -0.4 is 21.0 Å². The minimum atomic E-state index is -5.42. The Morgan fingerprint density at radius 3 is 2.64 bits per heavy atom. The van der Waals surface area contributed by atoms with Crippen molar-refractivity contribution in [3.63, 3.8) is 0 Å². The molecule has 4 unspecified atom stereocenters. The van der Waals surface area contributed by atoms with Crippen LogP contribution in [0.4, 0.5) is 10.2 Å². The third-order valence-electron chi connectivity index (χ3n) is 3.19. The molecule has 0 amide bonds. The number of nitrogens with one attached hydrogen (secondary N) is 1. The van der Waals surface area contributed by atoms with E-state index >= 15 is 0 Å². The third kappa shape index (κ3) is 3.95. The van der Waals surface area contributed by atoms with E-state index in [2.05, 4.69) is 14.5 Å². The van der Waals surface area contributed by atoms with Gasteiger partial charge < -0.3 is 33.8 Å². The second-order valence-electron chi connectivity index (χ2n) is 4.75. The summed E-state index contributed by atoms with van der Waals surface area (Å²) in [6.07, 6.45) is -7.27. The SMILES string of the molecule is [N-]=[N+]=Nc1c(F)c(=O)[nH]c(=O)n1C1OC(COP(=O)([O-])[O-])C(O)C1O. The maximum atomic E-state index is 13.8. The lowest BCUT2D eigenvalue weighted by molar-refractivity contribution is -0.343. The van der Waals surface area contributed by atoms with E-state index in [0.29, 0.717) is 0 Å². The van der Waals surface area contributed by atoms with Crippen molar-refractivity contribution in [1.29, 1.82) is 0 Å². The van der Waals surface area contributed by atoms with Crippen molar-refractivity contribution in [2.45, 2.75) is 24.5 Å². The van der Waals surface area contributed by atoms with Gasteiger partial charge in [-0.2, -0.15) is 4.39 Å². The quantitative estimate of drug-likeness (QED) is 0.205. The molecule has 1 aromatic rings. The van der Waals surface area contributed by atoms with E-state index in [9.17, 15) is 38.5 Å². The topological polar surface area (TPSA) is 226 Å². The first kappa shape index (κ1) is 19.2. The number of nitrogens with zero attached hydrogens (tertiary/aromatic N) is 4. The summed E-state index contributed by atoms with van der Waals surface area (Å²) in [4.78, 5) is 47.8. The summed E-state index contributed by atoms with van der Waals surface area (Å²) in [6.45, 7) is -1.00. The Morgan fingerprint density at radius 2 is 2.08 bits per heavy atom. The molecule has 138 valence electrons. The van der Waals surface area contributed by atoms with Gasteiger partial charge in [0.25, 0.3) is 5.56 Å². The fourth-order valence-electron chi connectivity index (χ4n) is 2.13. The zero-order chi connectivity index (χ0) is 18.9. The molecular weight excluding hydrogens is 372 g/mol. The molecule has 0 aliphatic carbocycles. The van der Waals surface area contributed by atoms with Gasteiger partial charge in [-0.3, -0.25) is 14.3 Å². The number of H-pyrrole nitrogens is 1. The smallest absolute Gasteiger partial charge is 0.331 e. The Labute approximate surface area is 135 Å². The molecule has 0 saturated carbocycles. The minimum absolute atomic E-state index is 0.221. The van der Waals surface area contributed by atoms with Gasteiger partial charge in [0.2, 0.25) is 5.82 Å². The first-order valence-corrected chi connectivity index (χ1v) is 7.80. The van der Waals surface area contributed by atoms with Gasteiger partial charge in [0, 0.05) is 4.91 Å². The van der Waals surface area contributed by atoms with Crippen molar-refractivity contribution >= 4 is 13.6 Å². The number of phosphoric ester groups is 1. The molecule has 0 aromatic carbocycles. The Bertz CT molecular complexity index is 873. The highest BCUT2D eigenvalue weighted by Crippen LogP contribution is 2.34. The number of ether oxygens (including phenoxy) is 1. The third-order valence-corrected chi connectivity index (χ3v) is 3.66. The standard InChI is InChI=1S/C9H11FN5O9P/c10-3-6(13-14-11)15(9(19)12-7(3)18)8-5(17)4(16)2(24-8)1-23-25(20,21)22/h2,4-5,8,16-17H,1H2,(H,12,18,19)(H2,20,21,22)/p-2. The van der Waals surface area contributed by atoms with Crippen LogP contribution in [0, 0.1) is 5.82 Å². The number of hydrogen-bond acceptors (Lipinski definition) is 10. The van der Waals surface area contributed by atoms with Gasteiger partial charge in [0.1, 0.15) is 18.3 Å². The molecule has 0 spiro atoms. The molecule has 1 aliphatic rings. The van der Waals surface area contributed by atoms with Gasteiger partial charge in [-0.15, -0.1) is 0 Å². The average Bonchev–Trinajstić information content (AvgIpc) is 2.78. The van der Waals surface area contributed by atoms with Crippen molar-refractivity contribution in [2.24, 2.45) is 5.11 Å². The van der Waals surface area contributed by atoms with E-state index in [1.54, 1.807) is 0 Å². The molecular formula is C9H9FN5O9P-2. The molecule has 0 radical (unpaired) electrons. The summed E-state index contributed by atoms with van der Waals surface area (Å²) in [5.74, 6) is -2.79. The average molecular weight is 381 g/mol.